The van der Waals surface area contributed by atoms with Gasteiger partial charge in [0.25, 0.3) is 0 Å². The maximum Gasteiger partial charge on any atom is 0.213 e. The monoisotopic (exact) mass is 400 g/mol. The van der Waals surface area contributed by atoms with Crippen LogP contribution in [0.1, 0.15) is 34.7 Å². The van der Waals surface area contributed by atoms with E-state index in [0.29, 0.717) is 10.0 Å². The first-order chi connectivity index (χ1) is 12.7. The van der Waals surface area contributed by atoms with Crippen LogP contribution in [-0.4, -0.2) is 10.7 Å². The molecule has 2 aliphatic rings. The molecule has 0 spiro atoms. The fourth-order valence-electron chi connectivity index (χ4n) is 3.51. The van der Waals surface area contributed by atoms with E-state index < -0.39 is 0 Å². The van der Waals surface area contributed by atoms with E-state index in [4.69, 9.17) is 33.0 Å². The Morgan fingerprint density at radius 3 is 2.73 bits per heavy atom. The van der Waals surface area contributed by atoms with E-state index in [9.17, 15) is 0 Å². The Hall–Kier alpha value is -2.01. The van der Waals surface area contributed by atoms with E-state index in [1.807, 2.05) is 30.3 Å². The second-order valence-corrected chi connectivity index (χ2v) is 8.07. The molecule has 2 atom stereocenters. The molecule has 2 unspecified atom stereocenters. The summed E-state index contributed by atoms with van der Waals surface area (Å²) in [6.07, 6.45) is 0.528. The molecule has 3 nitrogen and oxygen atoms in total. The van der Waals surface area contributed by atoms with Crippen molar-refractivity contribution in [1.29, 1.82) is 0 Å². The number of halogens is 2. The van der Waals surface area contributed by atoms with Crippen LogP contribution in [0.15, 0.2) is 65.1 Å². The topological polar surface area (TPSA) is 24.8 Å². The van der Waals surface area contributed by atoms with Gasteiger partial charge in [-0.1, -0.05) is 53.5 Å². The van der Waals surface area contributed by atoms with Gasteiger partial charge in [0.05, 0.1) is 26.7 Å². The van der Waals surface area contributed by atoms with Gasteiger partial charge in [0.2, 0.25) is 6.23 Å². The second kappa shape index (κ2) is 6.31. The standard InChI is InChI=1S/C20H14Cl2N2OS/c21-14-8-7-12(10-15(14)22)20-24-17(13-4-1-2-5-18(13)25-20)11-16(23-24)19-6-3-9-26-19/h1-10,17,20H,11H2. The Labute approximate surface area is 165 Å². The normalized spacial score (nSPS) is 21.0. The lowest BCUT2D eigenvalue weighted by atomic mass is 9.98. The number of benzene rings is 2. The number of hydrogen-bond donors (Lipinski definition) is 0. The highest BCUT2D eigenvalue weighted by Crippen LogP contribution is 2.48. The lowest BCUT2D eigenvalue weighted by Gasteiger charge is -2.38. The van der Waals surface area contributed by atoms with Crippen molar-refractivity contribution >= 4 is 40.3 Å². The summed E-state index contributed by atoms with van der Waals surface area (Å²) < 4.78 is 6.31. The summed E-state index contributed by atoms with van der Waals surface area (Å²) in [6, 6.07) is 18.1. The molecular formula is C20H14Cl2N2OS. The van der Waals surface area contributed by atoms with Gasteiger partial charge in [0.1, 0.15) is 5.75 Å². The van der Waals surface area contributed by atoms with Crippen molar-refractivity contribution in [3.63, 3.8) is 0 Å². The maximum atomic E-state index is 6.31. The van der Waals surface area contributed by atoms with E-state index in [1.54, 1.807) is 17.4 Å². The van der Waals surface area contributed by atoms with E-state index in [-0.39, 0.29) is 12.3 Å². The van der Waals surface area contributed by atoms with Crippen molar-refractivity contribution in [2.45, 2.75) is 18.7 Å². The summed E-state index contributed by atoms with van der Waals surface area (Å²) in [5, 5.41) is 10.1. The zero-order chi connectivity index (χ0) is 17.7. The van der Waals surface area contributed by atoms with Gasteiger partial charge >= 0.3 is 0 Å². The molecule has 2 aliphatic heterocycles. The summed E-state index contributed by atoms with van der Waals surface area (Å²) in [5.41, 5.74) is 3.20. The number of ether oxygens (including phenoxy) is 1. The van der Waals surface area contributed by atoms with E-state index in [1.165, 1.54) is 10.4 Å². The van der Waals surface area contributed by atoms with Gasteiger partial charge in [0, 0.05) is 17.5 Å². The first-order valence-corrected chi connectivity index (χ1v) is 9.94. The van der Waals surface area contributed by atoms with Gasteiger partial charge in [-0.25, -0.2) is 5.01 Å². The largest absolute Gasteiger partial charge is 0.464 e. The Kier molecular flexibility index (Phi) is 3.92. The maximum absolute atomic E-state index is 6.31. The summed E-state index contributed by atoms with van der Waals surface area (Å²) in [7, 11) is 0. The van der Waals surface area contributed by atoms with Gasteiger partial charge in [-0.3, -0.25) is 0 Å². The van der Waals surface area contributed by atoms with Crippen LogP contribution in [0, 0.1) is 0 Å². The molecule has 5 rings (SSSR count). The molecule has 0 saturated heterocycles. The van der Waals surface area contributed by atoms with E-state index in [2.05, 4.69) is 28.6 Å². The van der Waals surface area contributed by atoms with Crippen LogP contribution in [0.3, 0.4) is 0 Å². The quantitative estimate of drug-likeness (QED) is 0.504. The molecule has 0 aliphatic carbocycles. The summed E-state index contributed by atoms with van der Waals surface area (Å²) in [6.45, 7) is 0. The average molecular weight is 401 g/mol. The fourth-order valence-corrected chi connectivity index (χ4v) is 4.54. The van der Waals surface area contributed by atoms with Crippen LogP contribution in [0.4, 0.5) is 0 Å². The second-order valence-electron chi connectivity index (χ2n) is 6.31. The van der Waals surface area contributed by atoms with Gasteiger partial charge < -0.3 is 4.74 Å². The molecule has 0 fully saturated rings. The summed E-state index contributed by atoms with van der Waals surface area (Å²) in [5.74, 6) is 0.896. The molecule has 0 N–H and O–H groups in total. The Morgan fingerprint density at radius 2 is 1.92 bits per heavy atom. The number of hydrazone groups is 1. The fraction of sp³-hybridized carbons (Fsp3) is 0.150. The van der Waals surface area contributed by atoms with Gasteiger partial charge in [-0.05, 0) is 29.6 Å². The predicted octanol–water partition coefficient (Wildman–Crippen LogP) is 6.30. The van der Waals surface area contributed by atoms with Crippen molar-refractivity contribution in [3.05, 3.63) is 86.0 Å². The Bertz CT molecular complexity index is 1000. The third-order valence-electron chi connectivity index (χ3n) is 4.73. The molecule has 0 bridgehead atoms. The van der Waals surface area contributed by atoms with Crippen molar-refractivity contribution in [1.82, 2.24) is 5.01 Å². The van der Waals surface area contributed by atoms with Gasteiger partial charge in [0.15, 0.2) is 0 Å². The molecule has 0 saturated carbocycles. The SMILES string of the molecule is Clc1ccc(C2Oc3ccccc3C3CC(c4cccs4)=NN32)cc1Cl. The minimum absolute atomic E-state index is 0.150. The van der Waals surface area contributed by atoms with E-state index in [0.717, 1.165) is 23.4 Å². The van der Waals surface area contributed by atoms with E-state index >= 15 is 0 Å². The molecule has 3 aromatic rings. The number of nitrogens with zero attached hydrogens (tertiary/aromatic N) is 2. The zero-order valence-corrected chi connectivity index (χ0v) is 15.9. The van der Waals surface area contributed by atoms with Crippen LogP contribution in [0.2, 0.25) is 10.0 Å². The van der Waals surface area contributed by atoms with Crippen molar-refractivity contribution in [2.75, 3.05) is 0 Å². The summed E-state index contributed by atoms with van der Waals surface area (Å²) >= 11 is 14.0. The third kappa shape index (κ3) is 2.60. The van der Waals surface area contributed by atoms with Crippen molar-refractivity contribution < 1.29 is 4.74 Å². The Morgan fingerprint density at radius 1 is 1.04 bits per heavy atom. The lowest BCUT2D eigenvalue weighted by Crippen LogP contribution is -2.33. The van der Waals surface area contributed by atoms with Crippen LogP contribution in [0.25, 0.3) is 0 Å². The highest BCUT2D eigenvalue weighted by atomic mass is 35.5. The number of rotatable bonds is 2. The highest BCUT2D eigenvalue weighted by Gasteiger charge is 2.41. The minimum Gasteiger partial charge on any atom is -0.464 e. The lowest BCUT2D eigenvalue weighted by molar-refractivity contribution is -0.0190. The average Bonchev–Trinajstić information content (AvgIpc) is 3.33. The van der Waals surface area contributed by atoms with Crippen LogP contribution >= 0.6 is 34.5 Å². The van der Waals surface area contributed by atoms with Crippen molar-refractivity contribution in [3.8, 4) is 5.75 Å². The minimum atomic E-state index is -0.331. The highest BCUT2D eigenvalue weighted by molar-refractivity contribution is 7.12. The molecule has 0 amide bonds. The van der Waals surface area contributed by atoms with Gasteiger partial charge in [-0.15, -0.1) is 11.3 Å². The van der Waals surface area contributed by atoms with Gasteiger partial charge in [-0.2, -0.15) is 5.10 Å². The first kappa shape index (κ1) is 16.2. The van der Waals surface area contributed by atoms with Crippen LogP contribution in [0.5, 0.6) is 5.75 Å². The number of fused-ring (bicyclic) bond motifs is 3. The summed E-state index contributed by atoms with van der Waals surface area (Å²) in [4.78, 5) is 1.20. The molecule has 1 aromatic heterocycles. The molecule has 3 heterocycles. The Balaban J connectivity index is 1.61. The molecule has 26 heavy (non-hydrogen) atoms. The number of para-hydroxylation sites is 1. The molecule has 2 aromatic carbocycles. The van der Waals surface area contributed by atoms with Crippen molar-refractivity contribution in [2.24, 2.45) is 5.10 Å². The van der Waals surface area contributed by atoms with Crippen LogP contribution in [-0.2, 0) is 0 Å². The number of hydrogen-bond acceptors (Lipinski definition) is 4. The first-order valence-electron chi connectivity index (χ1n) is 8.31. The smallest absolute Gasteiger partial charge is 0.213 e. The predicted molar refractivity (Wildman–Crippen MR) is 106 cm³/mol. The van der Waals surface area contributed by atoms with Crippen LogP contribution < -0.4 is 4.74 Å². The molecule has 130 valence electrons. The third-order valence-corrected chi connectivity index (χ3v) is 6.39. The molecular weight excluding hydrogens is 387 g/mol. The molecule has 0 radical (unpaired) electrons. The number of thiophene rings is 1. The zero-order valence-electron chi connectivity index (χ0n) is 13.6. The molecule has 6 heteroatoms.